The van der Waals surface area contributed by atoms with Gasteiger partial charge in [-0.05, 0) is 109 Å². The zero-order valence-electron chi connectivity index (χ0n) is 50.1. The van der Waals surface area contributed by atoms with E-state index >= 15 is 0 Å². The molecule has 0 saturated carbocycles. The third-order valence-corrected chi connectivity index (χ3v) is 14.1. The second kappa shape index (κ2) is 39.7. The number of carbonyl (C=O) groups is 11. The normalized spacial score (nSPS) is 22.9. The van der Waals surface area contributed by atoms with Gasteiger partial charge in [-0.2, -0.15) is 0 Å². The summed E-state index contributed by atoms with van der Waals surface area (Å²) in [4.78, 5) is 154. The number of hydrogen-bond acceptors (Lipinski definition) is 19. The fourth-order valence-electron chi connectivity index (χ4n) is 9.00. The first kappa shape index (κ1) is 74.2. The molecular formula is C56H97N15O14. The largest absolute Gasteiger partial charge is 0.451 e. The highest BCUT2D eigenvalue weighted by molar-refractivity contribution is 5.98. The van der Waals surface area contributed by atoms with Crippen molar-refractivity contribution >= 4 is 65.0 Å². The van der Waals surface area contributed by atoms with Gasteiger partial charge >= 0.3 is 5.97 Å². The number of hydrogen-bond donors (Lipinski definition) is 17. The number of benzene rings is 1. The van der Waals surface area contributed by atoms with Gasteiger partial charge in [0, 0.05) is 25.8 Å². The first-order valence-corrected chi connectivity index (χ1v) is 29.5. The number of aliphatic hydroxyl groups excluding tert-OH is 2. The third-order valence-electron chi connectivity index (χ3n) is 14.1. The van der Waals surface area contributed by atoms with Gasteiger partial charge in [0.25, 0.3) is 5.91 Å². The average Bonchev–Trinajstić information content (AvgIpc) is 3.67. The van der Waals surface area contributed by atoms with Crippen molar-refractivity contribution in [3.8, 4) is 0 Å². The van der Waals surface area contributed by atoms with Gasteiger partial charge in [0.2, 0.25) is 53.2 Å². The van der Waals surface area contributed by atoms with E-state index in [0.717, 1.165) is 19.3 Å². The number of aliphatic hydroxyl groups is 2. The number of nitrogens with two attached hydrogens (primary N) is 5. The van der Waals surface area contributed by atoms with Gasteiger partial charge in [-0.25, -0.2) is 4.79 Å². The Bertz CT molecular complexity index is 2320. The highest BCUT2D eigenvalue weighted by atomic mass is 16.5. The van der Waals surface area contributed by atoms with Gasteiger partial charge in [0.15, 0.2) is 6.10 Å². The molecule has 22 N–H and O–H groups in total. The van der Waals surface area contributed by atoms with Crippen molar-refractivity contribution in [2.45, 2.75) is 198 Å². The zero-order chi connectivity index (χ0) is 63.8. The van der Waals surface area contributed by atoms with Crippen molar-refractivity contribution in [1.82, 2.24) is 53.2 Å². The summed E-state index contributed by atoms with van der Waals surface area (Å²) in [5, 5.41) is 46.8. The lowest BCUT2D eigenvalue weighted by Gasteiger charge is -2.28. The molecule has 1 aliphatic heterocycles. The van der Waals surface area contributed by atoms with E-state index < -0.39 is 151 Å². The Labute approximate surface area is 497 Å². The topological polar surface area (TPSA) is 488 Å². The van der Waals surface area contributed by atoms with Crippen LogP contribution in [-0.4, -0.2) is 187 Å². The van der Waals surface area contributed by atoms with E-state index in [1.54, 1.807) is 44.2 Å². The number of ether oxygens (including phenoxy) is 1. The molecule has 1 aliphatic rings. The second-order valence-electron chi connectivity index (χ2n) is 21.9. The minimum absolute atomic E-state index is 0.0173. The molecule has 1 aromatic rings. The van der Waals surface area contributed by atoms with Crippen molar-refractivity contribution in [1.29, 1.82) is 0 Å². The van der Waals surface area contributed by atoms with Gasteiger partial charge in [-0.15, -0.1) is 0 Å². The molecule has 0 radical (unpaired) electrons. The molecule has 29 heteroatoms. The number of rotatable bonds is 29. The molecule has 85 heavy (non-hydrogen) atoms. The van der Waals surface area contributed by atoms with Gasteiger partial charge in [0.1, 0.15) is 54.4 Å². The molecule has 13 atom stereocenters. The SMILES string of the molecule is CCC(C)CCCCC(=O)N[C@@H](CCN)C(=O)N[C@H](C(=O)N[C@@H](CCN)C(=O)N[C@H]1CCNC(=O)[C@H]([C@@H](C)O)NC(=O)[C@H](CCN)NC(=O)[C@H](CCN)OC(=O)[C@H](CC(C)C)NC(=O)[C@@H](Cc2ccccc2)NC(=O)[C@H](CCN)NC1=O)[C@@H](C)O. The number of nitrogens with one attached hydrogen (secondary N) is 10. The van der Waals surface area contributed by atoms with Crippen LogP contribution in [0.2, 0.25) is 0 Å². The lowest BCUT2D eigenvalue weighted by Crippen LogP contribution is -2.62. The quantitative estimate of drug-likeness (QED) is 0.0264. The van der Waals surface area contributed by atoms with Crippen LogP contribution in [0.3, 0.4) is 0 Å². The minimum Gasteiger partial charge on any atom is -0.451 e. The first-order chi connectivity index (χ1) is 40.3. The molecule has 1 unspecified atom stereocenters. The van der Waals surface area contributed by atoms with E-state index in [0.29, 0.717) is 17.9 Å². The first-order valence-electron chi connectivity index (χ1n) is 29.5. The molecule has 1 heterocycles. The predicted molar refractivity (Wildman–Crippen MR) is 314 cm³/mol. The Morgan fingerprint density at radius 2 is 1.16 bits per heavy atom. The molecule has 29 nitrogen and oxygen atoms in total. The predicted octanol–water partition coefficient (Wildman–Crippen LogP) is -4.82. The van der Waals surface area contributed by atoms with Crippen LogP contribution in [0, 0.1) is 11.8 Å². The Kier molecular flexibility index (Phi) is 34.6. The maximum atomic E-state index is 14.5. The Morgan fingerprint density at radius 3 is 1.72 bits per heavy atom. The van der Waals surface area contributed by atoms with Crippen LogP contribution in [0.25, 0.3) is 0 Å². The fraction of sp³-hybridized carbons (Fsp3) is 0.696. The van der Waals surface area contributed by atoms with E-state index in [1.807, 2.05) is 0 Å². The minimum atomic E-state index is -1.70. The van der Waals surface area contributed by atoms with Gasteiger partial charge in [-0.1, -0.05) is 77.3 Å². The maximum absolute atomic E-state index is 14.5. The summed E-state index contributed by atoms with van der Waals surface area (Å²) in [5.74, 6) is -9.97. The van der Waals surface area contributed by atoms with Crippen LogP contribution in [0.5, 0.6) is 0 Å². The van der Waals surface area contributed by atoms with E-state index in [4.69, 9.17) is 33.4 Å². The monoisotopic (exact) mass is 1200 g/mol. The van der Waals surface area contributed by atoms with E-state index in [1.165, 1.54) is 13.8 Å². The molecule has 1 fully saturated rings. The second-order valence-corrected chi connectivity index (χ2v) is 21.9. The molecule has 1 aromatic carbocycles. The molecular weight excluding hydrogens is 1110 g/mol. The number of carbonyl (C=O) groups excluding carboxylic acids is 11. The van der Waals surface area contributed by atoms with Crippen molar-refractivity contribution in [2.24, 2.45) is 40.5 Å². The smallest absolute Gasteiger partial charge is 0.329 e. The van der Waals surface area contributed by atoms with Crippen molar-refractivity contribution in [2.75, 3.05) is 39.3 Å². The summed E-state index contributed by atoms with van der Waals surface area (Å²) in [6.07, 6.45) is -2.92. The Morgan fingerprint density at radius 1 is 0.612 bits per heavy atom. The number of esters is 1. The molecule has 0 aliphatic carbocycles. The molecule has 1 saturated heterocycles. The van der Waals surface area contributed by atoms with Crippen molar-refractivity contribution in [3.05, 3.63) is 35.9 Å². The average molecular weight is 1200 g/mol. The van der Waals surface area contributed by atoms with Crippen LogP contribution < -0.4 is 81.8 Å². The number of unbranched alkanes of at least 4 members (excludes halogenated alkanes) is 1. The molecule has 10 amide bonds. The summed E-state index contributed by atoms with van der Waals surface area (Å²) in [7, 11) is 0. The Balaban J connectivity index is 2.67. The number of cyclic esters (lactones) is 1. The van der Waals surface area contributed by atoms with Gasteiger partial charge in [0.05, 0.1) is 12.2 Å². The van der Waals surface area contributed by atoms with Crippen LogP contribution in [0.4, 0.5) is 0 Å². The van der Waals surface area contributed by atoms with Crippen LogP contribution in [-0.2, 0) is 63.9 Å². The van der Waals surface area contributed by atoms with Gasteiger partial charge < -0.3 is 96.8 Å². The lowest BCUT2D eigenvalue weighted by atomic mass is 10.0. The van der Waals surface area contributed by atoms with Crippen LogP contribution in [0.1, 0.15) is 124 Å². The van der Waals surface area contributed by atoms with Crippen molar-refractivity contribution < 1.29 is 67.7 Å². The summed E-state index contributed by atoms with van der Waals surface area (Å²) in [6.45, 7) is 8.83. The van der Waals surface area contributed by atoms with E-state index in [2.05, 4.69) is 67.0 Å². The van der Waals surface area contributed by atoms with Gasteiger partial charge in [-0.3, -0.25) is 47.9 Å². The number of amides is 10. The summed E-state index contributed by atoms with van der Waals surface area (Å²) in [6, 6.07) is -5.16. The highest BCUT2D eigenvalue weighted by Crippen LogP contribution is 2.15. The highest BCUT2D eigenvalue weighted by Gasteiger charge is 2.38. The summed E-state index contributed by atoms with van der Waals surface area (Å²) in [5.41, 5.74) is 29.8. The van der Waals surface area contributed by atoms with E-state index in [9.17, 15) is 63.0 Å². The maximum Gasteiger partial charge on any atom is 0.329 e. The third kappa shape index (κ3) is 26.9. The molecule has 480 valence electrons. The lowest BCUT2D eigenvalue weighted by molar-refractivity contribution is -0.160. The van der Waals surface area contributed by atoms with Crippen molar-refractivity contribution in [3.63, 3.8) is 0 Å². The summed E-state index contributed by atoms with van der Waals surface area (Å²) >= 11 is 0. The standard InChI is InChI=1S/C56H97N15O14/c1-7-32(4)13-11-12-16-44(74)63-36(17-23-57)50(78)71-46(34(6)73)55(83)67-38(19-25-59)47(75)65-40-22-28-62-54(82)45(33(5)72)70-51(79)39(20-26-60)66-53(81)43(21-27-61)85-56(84)42(29-31(2)3)69-52(80)41(30-35-14-9-8-10-15-35)68-48(76)37(18-24-58)64-49(40)77/h8-10,14-15,31-34,36-43,45-46,72-73H,7,11-13,16-30,57-61H2,1-6H3,(H,62,82)(H,63,74)(H,64,77)(H,65,75)(H,66,81)(H,67,83)(H,68,76)(H,69,80)(H,70,79)(H,71,78)/t32?,33-,34-,36+,37+,38+,39+,40+,41-,42+,43+,45+,46+/m1/s1. The molecule has 0 bridgehead atoms. The van der Waals surface area contributed by atoms with E-state index in [-0.39, 0.29) is 90.0 Å². The Hall–Kier alpha value is -6.89. The molecule has 0 aromatic heterocycles. The fourth-order valence-corrected chi connectivity index (χ4v) is 9.00. The van der Waals surface area contributed by atoms with Crippen LogP contribution >= 0.6 is 0 Å². The molecule has 0 spiro atoms. The molecule has 2 rings (SSSR count). The summed E-state index contributed by atoms with van der Waals surface area (Å²) < 4.78 is 5.67. The van der Waals surface area contributed by atoms with Crippen LogP contribution in [0.15, 0.2) is 30.3 Å². The zero-order valence-corrected chi connectivity index (χ0v) is 50.1.